The van der Waals surface area contributed by atoms with Gasteiger partial charge in [-0.1, -0.05) is 19.3 Å². The van der Waals surface area contributed by atoms with Gasteiger partial charge in [-0.2, -0.15) is 0 Å². The molecule has 2 aliphatic carbocycles. The van der Waals surface area contributed by atoms with Crippen molar-refractivity contribution in [2.24, 2.45) is 11.3 Å². The Morgan fingerprint density at radius 3 is 2.35 bits per heavy atom. The van der Waals surface area contributed by atoms with Crippen molar-refractivity contribution in [1.29, 1.82) is 0 Å². The maximum absolute atomic E-state index is 12.7. The molecule has 0 aromatic rings. The van der Waals surface area contributed by atoms with Crippen molar-refractivity contribution >= 4 is 11.8 Å². The van der Waals surface area contributed by atoms with E-state index in [4.69, 9.17) is 4.74 Å². The zero-order valence-corrected chi connectivity index (χ0v) is 14.3. The molecule has 1 saturated heterocycles. The number of rotatable bonds is 4. The fraction of sp³-hybridized carbons (Fsp3) is 0.889. The summed E-state index contributed by atoms with van der Waals surface area (Å²) < 4.78 is 4.90. The number of carbonyl (C=O) groups excluding carboxylic acids is 2. The molecule has 2 amide bonds. The van der Waals surface area contributed by atoms with Crippen molar-refractivity contribution in [2.45, 2.75) is 63.8 Å². The summed E-state index contributed by atoms with van der Waals surface area (Å²) in [6, 6.07) is 0.275. The van der Waals surface area contributed by atoms with Crippen LogP contribution in [-0.2, 0) is 14.3 Å². The number of piperidine rings is 1. The monoisotopic (exact) mass is 322 g/mol. The number of nitrogens with zero attached hydrogens (tertiary/aromatic N) is 1. The molecule has 1 unspecified atom stereocenters. The third-order valence-corrected chi connectivity index (χ3v) is 6.31. The number of hydrogen-bond donors (Lipinski definition) is 1. The molecule has 1 atom stereocenters. The predicted octanol–water partition coefficient (Wildman–Crippen LogP) is 2.10. The predicted molar refractivity (Wildman–Crippen MR) is 87.9 cm³/mol. The van der Waals surface area contributed by atoms with Gasteiger partial charge in [0.25, 0.3) is 0 Å². The number of likely N-dealkylation sites (tertiary alicyclic amines) is 1. The van der Waals surface area contributed by atoms with Gasteiger partial charge in [-0.15, -0.1) is 0 Å². The van der Waals surface area contributed by atoms with E-state index in [9.17, 15) is 9.59 Å². The highest BCUT2D eigenvalue weighted by Gasteiger charge is 2.49. The van der Waals surface area contributed by atoms with E-state index in [0.717, 1.165) is 45.2 Å². The van der Waals surface area contributed by atoms with Crippen molar-refractivity contribution in [2.75, 3.05) is 26.8 Å². The third-order valence-electron chi connectivity index (χ3n) is 6.31. The molecule has 3 aliphatic rings. The molecule has 23 heavy (non-hydrogen) atoms. The average Bonchev–Trinajstić information content (AvgIpc) is 2.59. The van der Waals surface area contributed by atoms with Crippen LogP contribution >= 0.6 is 0 Å². The number of methoxy groups -OCH3 is 1. The van der Waals surface area contributed by atoms with Gasteiger partial charge in [-0.25, -0.2) is 0 Å². The van der Waals surface area contributed by atoms with Gasteiger partial charge < -0.3 is 15.0 Å². The fourth-order valence-electron chi connectivity index (χ4n) is 4.67. The lowest BCUT2D eigenvalue weighted by Gasteiger charge is -2.54. The first-order valence-electron chi connectivity index (χ1n) is 9.22. The summed E-state index contributed by atoms with van der Waals surface area (Å²) in [5.74, 6) is 0.646. The first-order chi connectivity index (χ1) is 11.1. The van der Waals surface area contributed by atoms with Gasteiger partial charge in [0, 0.05) is 32.2 Å². The Kier molecular flexibility index (Phi) is 5.24. The van der Waals surface area contributed by atoms with Gasteiger partial charge in [0.2, 0.25) is 11.8 Å². The van der Waals surface area contributed by atoms with E-state index in [-0.39, 0.29) is 29.9 Å². The molecule has 0 aromatic heterocycles. The highest BCUT2D eigenvalue weighted by Crippen LogP contribution is 2.49. The molecule has 1 spiro atoms. The Hall–Kier alpha value is -1.10. The molecule has 2 saturated carbocycles. The summed E-state index contributed by atoms with van der Waals surface area (Å²) >= 11 is 0. The summed E-state index contributed by atoms with van der Waals surface area (Å²) in [4.78, 5) is 26.5. The van der Waals surface area contributed by atoms with Crippen LogP contribution < -0.4 is 5.32 Å². The Morgan fingerprint density at radius 1 is 1.09 bits per heavy atom. The van der Waals surface area contributed by atoms with E-state index in [1.807, 2.05) is 0 Å². The fourth-order valence-corrected chi connectivity index (χ4v) is 4.67. The highest BCUT2D eigenvalue weighted by molar-refractivity contribution is 5.79. The number of ether oxygens (including phenoxy) is 1. The highest BCUT2D eigenvalue weighted by atomic mass is 16.5. The van der Waals surface area contributed by atoms with Gasteiger partial charge in [0.1, 0.15) is 6.61 Å². The topological polar surface area (TPSA) is 58.6 Å². The number of hydrogen-bond acceptors (Lipinski definition) is 3. The normalized spacial score (nSPS) is 27.5. The second-order valence-corrected chi connectivity index (χ2v) is 7.61. The van der Waals surface area contributed by atoms with Crippen molar-refractivity contribution < 1.29 is 14.3 Å². The van der Waals surface area contributed by atoms with Crippen molar-refractivity contribution in [3.8, 4) is 0 Å². The Balaban J connectivity index is 1.49. The Bertz CT molecular complexity index is 438. The molecular weight excluding hydrogens is 292 g/mol. The van der Waals surface area contributed by atoms with Crippen molar-refractivity contribution in [1.82, 2.24) is 10.2 Å². The minimum Gasteiger partial charge on any atom is -0.375 e. The van der Waals surface area contributed by atoms with Crippen LogP contribution in [0.15, 0.2) is 0 Å². The minimum atomic E-state index is -0.0164. The van der Waals surface area contributed by atoms with Crippen LogP contribution in [0.3, 0.4) is 0 Å². The van der Waals surface area contributed by atoms with E-state index in [0.29, 0.717) is 5.91 Å². The van der Waals surface area contributed by atoms with Crippen molar-refractivity contribution in [3.63, 3.8) is 0 Å². The smallest absolute Gasteiger partial charge is 0.246 e. The second-order valence-electron chi connectivity index (χ2n) is 7.61. The summed E-state index contributed by atoms with van der Waals surface area (Å²) in [5, 5.41) is 3.12. The molecule has 0 bridgehead atoms. The maximum Gasteiger partial charge on any atom is 0.246 e. The van der Waals surface area contributed by atoms with E-state index in [1.54, 1.807) is 7.11 Å². The molecule has 3 rings (SSSR count). The first-order valence-corrected chi connectivity index (χ1v) is 9.22. The van der Waals surface area contributed by atoms with Gasteiger partial charge in [0.05, 0.1) is 0 Å². The lowest BCUT2D eigenvalue weighted by atomic mass is 9.59. The Labute approximate surface area is 139 Å². The van der Waals surface area contributed by atoms with Crippen LogP contribution in [-0.4, -0.2) is 49.6 Å². The molecule has 1 heterocycles. The van der Waals surface area contributed by atoms with Gasteiger partial charge in [0.15, 0.2) is 0 Å². The largest absolute Gasteiger partial charge is 0.375 e. The summed E-state index contributed by atoms with van der Waals surface area (Å²) in [6.45, 7) is 1.87. The van der Waals surface area contributed by atoms with Crippen LogP contribution in [0.25, 0.3) is 0 Å². The molecule has 5 heteroatoms. The molecule has 3 fully saturated rings. The SMILES string of the molecule is COCC(=O)NC1CCC12CCN(C(=O)C1CCCCC1)CC2. The summed E-state index contributed by atoms with van der Waals surface area (Å²) in [6.07, 6.45) is 10.2. The van der Waals surface area contributed by atoms with Crippen LogP contribution in [0.2, 0.25) is 0 Å². The van der Waals surface area contributed by atoms with Crippen molar-refractivity contribution in [3.05, 3.63) is 0 Å². The molecule has 5 nitrogen and oxygen atoms in total. The van der Waals surface area contributed by atoms with Crippen LogP contribution in [0, 0.1) is 11.3 Å². The quantitative estimate of drug-likeness (QED) is 0.862. The number of amides is 2. The average molecular weight is 322 g/mol. The number of nitrogens with one attached hydrogen (secondary N) is 1. The second kappa shape index (κ2) is 7.20. The standard InChI is InChI=1S/C18H30N2O3/c1-23-13-16(21)19-15-7-8-18(15)9-11-20(12-10-18)17(22)14-5-3-2-4-6-14/h14-15H,2-13H2,1H3,(H,19,21). The van der Waals surface area contributed by atoms with Crippen LogP contribution in [0.5, 0.6) is 0 Å². The maximum atomic E-state index is 12.7. The first kappa shape index (κ1) is 16.7. The molecule has 1 aliphatic heterocycles. The van der Waals surface area contributed by atoms with E-state index >= 15 is 0 Å². The Morgan fingerprint density at radius 2 is 1.78 bits per heavy atom. The van der Waals surface area contributed by atoms with Gasteiger partial charge in [-0.05, 0) is 43.9 Å². The lowest BCUT2D eigenvalue weighted by molar-refractivity contribution is -0.142. The molecular formula is C18H30N2O3. The van der Waals surface area contributed by atoms with Gasteiger partial charge in [-0.3, -0.25) is 9.59 Å². The minimum absolute atomic E-state index is 0.0164. The molecule has 0 aromatic carbocycles. The van der Waals surface area contributed by atoms with E-state index < -0.39 is 0 Å². The van der Waals surface area contributed by atoms with Gasteiger partial charge >= 0.3 is 0 Å². The zero-order valence-electron chi connectivity index (χ0n) is 14.3. The molecule has 130 valence electrons. The van der Waals surface area contributed by atoms with E-state index in [1.165, 1.54) is 25.7 Å². The molecule has 0 radical (unpaired) electrons. The summed E-state index contributed by atoms with van der Waals surface area (Å²) in [5.41, 5.74) is 0.229. The third kappa shape index (κ3) is 3.54. The van der Waals surface area contributed by atoms with Crippen LogP contribution in [0.4, 0.5) is 0 Å². The molecule has 1 N–H and O–H groups in total. The van der Waals surface area contributed by atoms with E-state index in [2.05, 4.69) is 10.2 Å². The lowest BCUT2D eigenvalue weighted by Crippen LogP contribution is -2.60. The summed E-state index contributed by atoms with van der Waals surface area (Å²) in [7, 11) is 1.55. The van der Waals surface area contributed by atoms with Crippen LogP contribution in [0.1, 0.15) is 57.8 Å². The number of carbonyl (C=O) groups is 2. The zero-order chi connectivity index (χ0) is 16.3.